The predicted molar refractivity (Wildman–Crippen MR) is 144 cm³/mol. The first-order valence-electron chi connectivity index (χ1n) is 11.9. The molecule has 0 aliphatic carbocycles. The number of aromatic nitrogens is 3. The number of carbonyl (C=O) groups excluding carboxylic acids is 2. The van der Waals surface area contributed by atoms with Gasteiger partial charge in [0.05, 0.1) is 29.4 Å². The van der Waals surface area contributed by atoms with E-state index in [4.69, 9.17) is 20.2 Å². The normalized spacial score (nSPS) is 11.4. The Morgan fingerprint density at radius 2 is 1.78 bits per heavy atom. The third kappa shape index (κ3) is 5.40. The summed E-state index contributed by atoms with van der Waals surface area (Å²) in [5.41, 5.74) is 10.7. The molecule has 0 radical (unpaired) electrons. The molecule has 9 heteroatoms. The number of esters is 1. The summed E-state index contributed by atoms with van der Waals surface area (Å²) in [6.45, 7) is 9.69. The average Bonchev–Trinajstić information content (AvgIpc) is 3.22. The van der Waals surface area contributed by atoms with Crippen molar-refractivity contribution in [2.75, 3.05) is 18.2 Å². The minimum atomic E-state index is -0.727. The monoisotopic (exact) mass is 501 g/mol. The number of hydrogen-bond donors (Lipinski definition) is 2. The smallest absolute Gasteiger partial charge is 0.420 e. The lowest BCUT2D eigenvalue weighted by Crippen LogP contribution is -2.27. The molecule has 4 rings (SSSR count). The summed E-state index contributed by atoms with van der Waals surface area (Å²) >= 11 is 0. The van der Waals surface area contributed by atoms with E-state index < -0.39 is 17.7 Å². The number of ether oxygens (including phenoxy) is 2. The molecular formula is C28H31N5O4. The molecule has 37 heavy (non-hydrogen) atoms. The van der Waals surface area contributed by atoms with Crippen LogP contribution in [0.4, 0.5) is 16.3 Å². The van der Waals surface area contributed by atoms with Gasteiger partial charge in [0.25, 0.3) is 0 Å². The summed E-state index contributed by atoms with van der Waals surface area (Å²) in [4.78, 5) is 35.1. The van der Waals surface area contributed by atoms with Crippen molar-refractivity contribution in [1.82, 2.24) is 14.5 Å². The number of nitrogen functional groups attached to an aromatic ring is 1. The van der Waals surface area contributed by atoms with Gasteiger partial charge in [-0.05, 0) is 70.0 Å². The summed E-state index contributed by atoms with van der Waals surface area (Å²) in [5.74, 6) is 0.377. The van der Waals surface area contributed by atoms with Gasteiger partial charge in [-0.25, -0.2) is 24.1 Å². The minimum Gasteiger partial charge on any atom is -0.465 e. The fourth-order valence-electron chi connectivity index (χ4n) is 4.04. The van der Waals surface area contributed by atoms with Crippen molar-refractivity contribution < 1.29 is 19.1 Å². The predicted octanol–water partition coefficient (Wildman–Crippen LogP) is 5.48. The molecule has 0 spiro atoms. The molecule has 0 bridgehead atoms. The molecule has 0 amide bonds. The minimum absolute atomic E-state index is 0.288. The number of anilines is 2. The second kappa shape index (κ2) is 9.93. The van der Waals surface area contributed by atoms with E-state index in [1.54, 1.807) is 45.0 Å². The van der Waals surface area contributed by atoms with Gasteiger partial charge >= 0.3 is 12.1 Å². The topological polar surface area (TPSA) is 121 Å². The second-order valence-corrected chi connectivity index (χ2v) is 9.81. The van der Waals surface area contributed by atoms with Crippen LogP contribution in [0.15, 0.2) is 48.5 Å². The molecule has 2 heterocycles. The number of aryl methyl sites for hydroxylation is 2. The van der Waals surface area contributed by atoms with Crippen LogP contribution in [-0.2, 0) is 16.0 Å². The Balaban J connectivity index is 1.80. The molecule has 0 atom stereocenters. The molecule has 0 aliphatic heterocycles. The summed E-state index contributed by atoms with van der Waals surface area (Å²) in [5, 5.41) is 3.29. The number of rotatable bonds is 5. The number of hydrogen-bond acceptors (Lipinski definition) is 8. The van der Waals surface area contributed by atoms with Gasteiger partial charge in [-0.2, -0.15) is 0 Å². The largest absolute Gasteiger partial charge is 0.465 e. The Hall–Kier alpha value is -4.40. The highest BCUT2D eigenvalue weighted by atomic mass is 16.6. The Morgan fingerprint density at radius 3 is 2.49 bits per heavy atom. The van der Waals surface area contributed by atoms with Gasteiger partial charge in [0.15, 0.2) is 5.82 Å². The van der Waals surface area contributed by atoms with Gasteiger partial charge in [0.1, 0.15) is 11.4 Å². The van der Waals surface area contributed by atoms with Crippen LogP contribution < -0.4 is 11.1 Å². The van der Waals surface area contributed by atoms with E-state index in [-0.39, 0.29) is 5.82 Å². The maximum atomic E-state index is 13.3. The quantitative estimate of drug-likeness (QED) is 0.345. The van der Waals surface area contributed by atoms with Crippen molar-refractivity contribution in [3.05, 3.63) is 70.9 Å². The van der Waals surface area contributed by atoms with Crippen molar-refractivity contribution in [1.29, 1.82) is 0 Å². The van der Waals surface area contributed by atoms with Crippen molar-refractivity contribution in [3.8, 4) is 11.4 Å². The molecule has 4 aromatic rings. The average molecular weight is 502 g/mol. The zero-order chi connectivity index (χ0) is 26.9. The van der Waals surface area contributed by atoms with Gasteiger partial charge in [-0.1, -0.05) is 24.3 Å². The van der Waals surface area contributed by atoms with Gasteiger partial charge in [0.2, 0.25) is 0 Å². The molecule has 0 saturated heterocycles. The Kier molecular flexibility index (Phi) is 6.89. The first-order chi connectivity index (χ1) is 17.5. The summed E-state index contributed by atoms with van der Waals surface area (Å²) in [7, 11) is 1.31. The number of pyridine rings is 1. The fourth-order valence-corrected chi connectivity index (χ4v) is 4.04. The summed E-state index contributed by atoms with van der Waals surface area (Å²) in [6.07, 6.45) is -0.595. The van der Waals surface area contributed by atoms with Crippen LogP contribution in [0.25, 0.3) is 22.4 Å². The van der Waals surface area contributed by atoms with E-state index in [9.17, 15) is 9.59 Å². The van der Waals surface area contributed by atoms with E-state index in [2.05, 4.69) is 10.3 Å². The van der Waals surface area contributed by atoms with Gasteiger partial charge < -0.3 is 20.5 Å². The number of nitrogens with two attached hydrogens (primary N) is 1. The Bertz CT molecular complexity index is 1500. The van der Waals surface area contributed by atoms with Crippen molar-refractivity contribution in [2.24, 2.45) is 0 Å². The van der Waals surface area contributed by atoms with E-state index in [0.717, 1.165) is 16.8 Å². The van der Waals surface area contributed by atoms with Gasteiger partial charge in [-0.3, -0.25) is 0 Å². The second-order valence-electron chi connectivity index (χ2n) is 9.81. The van der Waals surface area contributed by atoms with Crippen molar-refractivity contribution in [3.63, 3.8) is 0 Å². The molecule has 2 aromatic heterocycles. The number of nitrogens with zero attached hydrogens (tertiary/aromatic N) is 3. The highest BCUT2D eigenvalue weighted by molar-refractivity contribution is 5.99. The molecule has 0 saturated carbocycles. The van der Waals surface area contributed by atoms with Crippen LogP contribution in [0.5, 0.6) is 0 Å². The van der Waals surface area contributed by atoms with Gasteiger partial charge in [0, 0.05) is 17.8 Å². The van der Waals surface area contributed by atoms with Crippen molar-refractivity contribution in [2.45, 2.75) is 46.8 Å². The molecule has 0 aliphatic rings. The lowest BCUT2D eigenvalue weighted by molar-refractivity contribution is 0.0542. The lowest BCUT2D eigenvalue weighted by Gasteiger charge is -2.20. The first-order valence-corrected chi connectivity index (χ1v) is 11.9. The lowest BCUT2D eigenvalue weighted by atomic mass is 10.1. The highest BCUT2D eigenvalue weighted by Crippen LogP contribution is 2.30. The van der Waals surface area contributed by atoms with Crippen LogP contribution in [0.1, 0.15) is 48.0 Å². The highest BCUT2D eigenvalue weighted by Gasteiger charge is 2.26. The molecule has 192 valence electrons. The van der Waals surface area contributed by atoms with E-state index >= 15 is 0 Å². The maximum Gasteiger partial charge on any atom is 0.420 e. The van der Waals surface area contributed by atoms with E-state index in [1.165, 1.54) is 11.7 Å². The van der Waals surface area contributed by atoms with Crippen molar-refractivity contribution >= 4 is 34.6 Å². The standard InChI is InChI=1S/C28H31N5O4/c1-16-13-17(2)31-24(23(16)29)30-15-18-11-12-22-21(14-18)32-25(33(22)27(35)37-28(3,4)5)19-9-7-8-10-20(19)26(34)36-6/h7-14H,15,29H2,1-6H3,(H,30,31). The Morgan fingerprint density at radius 1 is 1.05 bits per heavy atom. The van der Waals surface area contributed by atoms with Crippen LogP contribution in [-0.4, -0.2) is 39.3 Å². The first kappa shape index (κ1) is 25.7. The summed E-state index contributed by atoms with van der Waals surface area (Å²) in [6, 6.07) is 14.4. The number of carbonyl (C=O) groups is 2. The molecule has 9 nitrogen and oxygen atoms in total. The van der Waals surface area contributed by atoms with Crippen LogP contribution in [0, 0.1) is 13.8 Å². The molecule has 0 unspecified atom stereocenters. The van der Waals surface area contributed by atoms with E-state index in [1.807, 2.05) is 38.1 Å². The maximum absolute atomic E-state index is 13.3. The number of fused-ring (bicyclic) bond motifs is 1. The zero-order valence-electron chi connectivity index (χ0n) is 21.9. The molecule has 2 aromatic carbocycles. The van der Waals surface area contributed by atoms with E-state index in [0.29, 0.717) is 40.2 Å². The van der Waals surface area contributed by atoms with Crippen LogP contribution in [0.3, 0.4) is 0 Å². The van der Waals surface area contributed by atoms with Crippen LogP contribution in [0.2, 0.25) is 0 Å². The summed E-state index contributed by atoms with van der Waals surface area (Å²) < 4.78 is 12.0. The third-order valence-corrected chi connectivity index (χ3v) is 5.72. The fraction of sp³-hybridized carbons (Fsp3) is 0.286. The third-order valence-electron chi connectivity index (χ3n) is 5.72. The molecule has 3 N–H and O–H groups in total. The zero-order valence-corrected chi connectivity index (χ0v) is 21.9. The SMILES string of the molecule is COC(=O)c1ccccc1-c1nc2cc(CNc3nc(C)cc(C)c3N)ccc2n1C(=O)OC(C)(C)C. The molecule has 0 fully saturated rings. The Labute approximate surface area is 215 Å². The molecular weight excluding hydrogens is 470 g/mol. The number of imidazole rings is 1. The van der Waals surface area contributed by atoms with Gasteiger partial charge in [-0.15, -0.1) is 0 Å². The van der Waals surface area contributed by atoms with Crippen LogP contribution >= 0.6 is 0 Å². The number of methoxy groups -OCH3 is 1. The number of benzene rings is 2. The number of nitrogens with one attached hydrogen (secondary N) is 1.